The monoisotopic (exact) mass is 512 g/mol. The summed E-state index contributed by atoms with van der Waals surface area (Å²) >= 11 is 0. The second-order valence-electron chi connectivity index (χ2n) is 7.76. The Morgan fingerprint density at radius 3 is 1.89 bits per heavy atom. The Balaban J connectivity index is 2.55. The second-order valence-corrected chi connectivity index (χ2v) is 7.76. The van der Waals surface area contributed by atoms with Gasteiger partial charge in [0.25, 0.3) is 0 Å². The van der Waals surface area contributed by atoms with Gasteiger partial charge in [0.15, 0.2) is 18.0 Å². The molecule has 2 rings (SSSR count). The number of aromatic hydroxyl groups is 1. The average Bonchev–Trinajstić information content (AvgIpc) is 2.74. The van der Waals surface area contributed by atoms with Gasteiger partial charge in [-0.15, -0.1) is 0 Å². The largest absolute Gasteiger partial charge is 0.507 e. The van der Waals surface area contributed by atoms with Crippen LogP contribution in [0.4, 0.5) is 0 Å². The van der Waals surface area contributed by atoms with Gasteiger partial charge in [0, 0.05) is 39.8 Å². The topological polar surface area (TPSA) is 170 Å². The number of rotatable bonds is 9. The van der Waals surface area contributed by atoms with Crippen molar-refractivity contribution in [2.45, 2.75) is 65.3 Å². The quantitative estimate of drug-likeness (QED) is 0.283. The van der Waals surface area contributed by atoms with Crippen LogP contribution in [-0.4, -0.2) is 79.2 Å². The zero-order chi connectivity index (χ0) is 27.2. The number of hydrogen-bond donors (Lipinski definition) is 1. The highest BCUT2D eigenvalue weighted by atomic mass is 16.7. The molecule has 0 spiro atoms. The molecule has 36 heavy (non-hydrogen) atoms. The number of carbonyl (C=O) groups is 5. The van der Waals surface area contributed by atoms with Gasteiger partial charge in [-0.1, -0.05) is 0 Å². The van der Waals surface area contributed by atoms with Gasteiger partial charge in [-0.2, -0.15) is 0 Å². The van der Waals surface area contributed by atoms with Crippen LogP contribution in [0.15, 0.2) is 12.1 Å². The molecule has 0 aromatic heterocycles. The van der Waals surface area contributed by atoms with Crippen LogP contribution in [0.25, 0.3) is 0 Å². The Hall–Kier alpha value is -3.87. The van der Waals surface area contributed by atoms with Crippen LogP contribution in [0, 0.1) is 0 Å². The summed E-state index contributed by atoms with van der Waals surface area (Å²) in [7, 11) is 1.28. The third kappa shape index (κ3) is 7.31. The lowest BCUT2D eigenvalue weighted by Gasteiger charge is -2.43. The molecule has 5 atom stereocenters. The van der Waals surface area contributed by atoms with E-state index in [9.17, 15) is 29.1 Å². The van der Waals surface area contributed by atoms with E-state index in [1.807, 2.05) is 0 Å². The SMILES string of the molecule is COc1cc(O[C@@H]2O[C@H](COC(C)=O)[C@@H](OC(C)=O)[C@H](OC(C)=O)[C@H]2OC(C)=O)cc(O)c1C(C)=O. The molecular formula is C23H28O13. The third-order valence-corrected chi connectivity index (χ3v) is 4.83. The van der Waals surface area contributed by atoms with Crippen molar-refractivity contribution in [3.63, 3.8) is 0 Å². The fourth-order valence-electron chi connectivity index (χ4n) is 3.58. The maximum absolute atomic E-state index is 11.9. The van der Waals surface area contributed by atoms with Crippen molar-refractivity contribution in [3.8, 4) is 17.2 Å². The summed E-state index contributed by atoms with van der Waals surface area (Å²) in [6.07, 6.45) is -6.98. The number of hydrogen-bond acceptors (Lipinski definition) is 13. The number of esters is 4. The van der Waals surface area contributed by atoms with Gasteiger partial charge >= 0.3 is 23.9 Å². The summed E-state index contributed by atoms with van der Waals surface area (Å²) in [5.74, 6) is -4.06. The number of phenolic OH excluding ortho intramolecular Hbond substituents is 1. The molecule has 13 nitrogen and oxygen atoms in total. The maximum atomic E-state index is 11.9. The highest BCUT2D eigenvalue weighted by molar-refractivity contribution is 5.99. The highest BCUT2D eigenvalue weighted by Gasteiger charge is 2.53. The summed E-state index contributed by atoms with van der Waals surface area (Å²) in [5.41, 5.74) is -0.0913. The highest BCUT2D eigenvalue weighted by Crippen LogP contribution is 2.36. The molecule has 0 unspecified atom stereocenters. The summed E-state index contributed by atoms with van der Waals surface area (Å²) < 4.78 is 37.7. The fraction of sp³-hybridized carbons (Fsp3) is 0.522. The van der Waals surface area contributed by atoms with Crippen molar-refractivity contribution >= 4 is 29.7 Å². The standard InChI is InChI=1S/C23H28O13/c1-10(24)19-16(29)7-15(8-17(19)30-6)35-23-22(34-14(5)28)21(33-13(4)27)20(32-12(3)26)18(36-23)9-31-11(2)25/h7-8,18,20-23,29H,9H2,1-6H3/t18-,20-,21+,22-,23-/m1/s1. The molecule has 0 aliphatic carbocycles. The maximum Gasteiger partial charge on any atom is 0.303 e. The molecule has 1 fully saturated rings. The Bertz CT molecular complexity index is 1020. The van der Waals surface area contributed by atoms with Gasteiger partial charge in [0.05, 0.1) is 7.11 Å². The van der Waals surface area contributed by atoms with Gasteiger partial charge < -0.3 is 38.3 Å². The fourth-order valence-corrected chi connectivity index (χ4v) is 3.58. The van der Waals surface area contributed by atoms with Crippen molar-refractivity contribution in [2.75, 3.05) is 13.7 Å². The molecule has 0 bridgehead atoms. The zero-order valence-corrected chi connectivity index (χ0v) is 20.6. The van der Waals surface area contributed by atoms with E-state index in [0.29, 0.717) is 0 Å². The number of phenols is 1. The first-order chi connectivity index (χ1) is 16.8. The molecule has 1 N–H and O–H groups in total. The van der Waals surface area contributed by atoms with Crippen molar-refractivity contribution in [1.82, 2.24) is 0 Å². The van der Waals surface area contributed by atoms with Crippen LogP contribution < -0.4 is 9.47 Å². The molecule has 13 heteroatoms. The summed E-state index contributed by atoms with van der Waals surface area (Å²) in [4.78, 5) is 58.8. The van der Waals surface area contributed by atoms with Crippen LogP contribution in [-0.2, 0) is 42.9 Å². The average molecular weight is 512 g/mol. The van der Waals surface area contributed by atoms with Gasteiger partial charge in [-0.3, -0.25) is 24.0 Å². The van der Waals surface area contributed by atoms with Crippen LogP contribution in [0.5, 0.6) is 17.2 Å². The van der Waals surface area contributed by atoms with Gasteiger partial charge in [-0.05, 0) is 6.92 Å². The van der Waals surface area contributed by atoms with Gasteiger partial charge in [0.2, 0.25) is 12.4 Å². The predicted molar refractivity (Wildman–Crippen MR) is 117 cm³/mol. The number of Topliss-reactive ketones (excluding diaryl/α,β-unsaturated/α-hetero) is 1. The van der Waals surface area contributed by atoms with Crippen molar-refractivity contribution < 1.29 is 62.2 Å². The van der Waals surface area contributed by atoms with E-state index in [1.165, 1.54) is 20.1 Å². The minimum atomic E-state index is -1.52. The van der Waals surface area contributed by atoms with E-state index in [1.54, 1.807) is 0 Å². The molecular weight excluding hydrogens is 484 g/mol. The summed E-state index contributed by atoms with van der Waals surface area (Å²) in [6.45, 7) is 5.22. The molecule has 198 valence electrons. The van der Waals surface area contributed by atoms with E-state index in [0.717, 1.165) is 33.8 Å². The number of ketones is 1. The first-order valence-corrected chi connectivity index (χ1v) is 10.7. The molecule has 0 saturated carbocycles. The zero-order valence-electron chi connectivity index (χ0n) is 20.6. The van der Waals surface area contributed by atoms with E-state index >= 15 is 0 Å². The van der Waals surface area contributed by atoms with Crippen LogP contribution in [0.2, 0.25) is 0 Å². The van der Waals surface area contributed by atoms with E-state index in [-0.39, 0.29) is 17.1 Å². The Kier molecular flexibility index (Phi) is 9.61. The van der Waals surface area contributed by atoms with Crippen molar-refractivity contribution in [2.24, 2.45) is 0 Å². The summed E-state index contributed by atoms with van der Waals surface area (Å²) in [6, 6.07) is 2.39. The van der Waals surface area contributed by atoms with E-state index in [4.69, 9.17) is 33.2 Å². The number of ether oxygens (including phenoxy) is 7. The van der Waals surface area contributed by atoms with Crippen molar-refractivity contribution in [1.29, 1.82) is 0 Å². The smallest absolute Gasteiger partial charge is 0.303 e. The van der Waals surface area contributed by atoms with Gasteiger partial charge in [-0.25, -0.2) is 0 Å². The molecule has 0 radical (unpaired) electrons. The van der Waals surface area contributed by atoms with E-state index < -0.39 is 72.7 Å². The lowest BCUT2D eigenvalue weighted by molar-refractivity contribution is -0.288. The lowest BCUT2D eigenvalue weighted by atomic mass is 9.98. The van der Waals surface area contributed by atoms with E-state index in [2.05, 4.69) is 0 Å². The molecule has 1 aliphatic heterocycles. The second kappa shape index (κ2) is 12.2. The minimum absolute atomic E-state index is 0.0110. The Morgan fingerprint density at radius 1 is 0.833 bits per heavy atom. The molecule has 1 aromatic rings. The Labute approximate surface area is 206 Å². The summed E-state index contributed by atoms with van der Waals surface area (Å²) in [5, 5.41) is 10.3. The molecule has 1 aliphatic rings. The van der Waals surface area contributed by atoms with Crippen LogP contribution in [0.1, 0.15) is 45.0 Å². The number of carbonyl (C=O) groups excluding carboxylic acids is 5. The minimum Gasteiger partial charge on any atom is -0.507 e. The molecule has 1 heterocycles. The molecule has 0 amide bonds. The van der Waals surface area contributed by atoms with Crippen LogP contribution >= 0.6 is 0 Å². The first kappa shape index (κ1) is 28.4. The van der Waals surface area contributed by atoms with Gasteiger partial charge in [0.1, 0.15) is 35.5 Å². The molecule has 1 aromatic carbocycles. The molecule has 1 saturated heterocycles. The van der Waals surface area contributed by atoms with Crippen molar-refractivity contribution in [3.05, 3.63) is 17.7 Å². The normalized spacial score (nSPS) is 23.1. The predicted octanol–water partition coefficient (Wildman–Crippen LogP) is 1.07. The van der Waals surface area contributed by atoms with Crippen LogP contribution in [0.3, 0.4) is 0 Å². The number of methoxy groups -OCH3 is 1. The lowest BCUT2D eigenvalue weighted by Crippen LogP contribution is -2.63. The third-order valence-electron chi connectivity index (χ3n) is 4.83. The first-order valence-electron chi connectivity index (χ1n) is 10.7. The number of benzene rings is 1. The Morgan fingerprint density at radius 2 is 1.39 bits per heavy atom.